The van der Waals surface area contributed by atoms with E-state index in [0.29, 0.717) is 0 Å². The Balaban J connectivity index is 0.00000162. The summed E-state index contributed by atoms with van der Waals surface area (Å²) >= 11 is 0. The van der Waals surface area contributed by atoms with Crippen LogP contribution < -0.4 is 4.74 Å². The first-order valence-electron chi connectivity index (χ1n) is 5.58. The minimum absolute atomic E-state index is 0. The number of hydrogen-bond donors (Lipinski definition) is 0. The van der Waals surface area contributed by atoms with Crippen LogP contribution in [0, 0.1) is 26.6 Å². The third-order valence-electron chi connectivity index (χ3n) is 2.73. The van der Waals surface area contributed by atoms with Crippen LogP contribution in [0.15, 0.2) is 36.4 Å². The fraction of sp³-hybridized carbons (Fsp3) is 0.200. The van der Waals surface area contributed by atoms with Crippen LogP contribution >= 0.6 is 0 Å². The maximum atomic E-state index is 13.2. The van der Waals surface area contributed by atoms with Crippen molar-refractivity contribution in [3.63, 3.8) is 0 Å². The molecule has 0 fully saturated rings. The molecule has 0 aromatic heterocycles. The average Bonchev–Trinajstić information content (AvgIpc) is 2.25. The van der Waals surface area contributed by atoms with Crippen molar-refractivity contribution in [2.75, 3.05) is 0 Å². The van der Waals surface area contributed by atoms with Crippen LogP contribution in [0.5, 0.6) is 11.5 Å². The van der Waals surface area contributed by atoms with E-state index in [2.05, 4.69) is 0 Å². The minimum atomic E-state index is -0.225. The molecule has 0 unspecified atom stereocenters. The molecule has 18 heavy (non-hydrogen) atoms. The number of hydrogen-bond acceptors (Lipinski definition) is 1. The van der Waals surface area contributed by atoms with Gasteiger partial charge in [0, 0.05) is 18.6 Å². The molecule has 0 amide bonds. The van der Waals surface area contributed by atoms with Gasteiger partial charge in [-0.3, -0.25) is 0 Å². The van der Waals surface area contributed by atoms with Crippen LogP contribution in [0.25, 0.3) is 0 Å². The smallest absolute Gasteiger partial charge is 0.133 e. The van der Waals surface area contributed by atoms with Gasteiger partial charge in [-0.2, -0.15) is 0 Å². The summed E-state index contributed by atoms with van der Waals surface area (Å²) in [6.45, 7) is 5.69. The molecule has 2 aromatic rings. The second kappa shape index (κ2) is 6.08. The Kier molecular flexibility index (Phi) is 5.00. The molecule has 0 aliphatic carbocycles. The predicted molar refractivity (Wildman–Crippen MR) is 67.1 cm³/mol. The second-order valence-electron chi connectivity index (χ2n) is 4.24. The van der Waals surface area contributed by atoms with Gasteiger partial charge in [0.1, 0.15) is 17.3 Å². The molecule has 2 aromatic carbocycles. The van der Waals surface area contributed by atoms with Gasteiger partial charge in [-0.25, -0.2) is 4.39 Å². The molecule has 0 saturated heterocycles. The average molecular weight is 281 g/mol. The van der Waals surface area contributed by atoms with Gasteiger partial charge in [0.15, 0.2) is 0 Å². The maximum absolute atomic E-state index is 13.2. The Morgan fingerprint density at radius 3 is 2.00 bits per heavy atom. The fourth-order valence-corrected chi connectivity index (χ4v) is 1.84. The number of para-hydroxylation sites is 1. The van der Waals surface area contributed by atoms with Crippen molar-refractivity contribution in [3.05, 3.63) is 58.9 Å². The minimum Gasteiger partial charge on any atom is -0.457 e. The van der Waals surface area contributed by atoms with E-state index < -0.39 is 0 Å². The van der Waals surface area contributed by atoms with E-state index in [0.717, 1.165) is 28.2 Å². The third-order valence-corrected chi connectivity index (χ3v) is 2.73. The summed E-state index contributed by atoms with van der Waals surface area (Å²) in [6.07, 6.45) is 0. The summed E-state index contributed by atoms with van der Waals surface area (Å²) in [5.41, 5.74) is 2.69. The van der Waals surface area contributed by atoms with Crippen LogP contribution in [0.4, 0.5) is 4.39 Å². The zero-order valence-electron chi connectivity index (χ0n) is 10.7. The molecule has 0 atom stereocenters. The predicted octanol–water partition coefficient (Wildman–Crippen LogP) is 4.54. The van der Waals surface area contributed by atoms with Crippen LogP contribution in [0.3, 0.4) is 0 Å². The van der Waals surface area contributed by atoms with Gasteiger partial charge < -0.3 is 4.74 Å². The Hall–Kier alpha value is -1.25. The molecule has 0 aliphatic rings. The largest absolute Gasteiger partial charge is 0.457 e. The van der Waals surface area contributed by atoms with Gasteiger partial charge >= 0.3 is 0 Å². The quantitative estimate of drug-likeness (QED) is 0.785. The van der Waals surface area contributed by atoms with Crippen molar-refractivity contribution in [1.29, 1.82) is 0 Å². The molecule has 2 rings (SSSR count). The number of ether oxygens (including phenoxy) is 1. The van der Waals surface area contributed by atoms with Crippen molar-refractivity contribution < 1.29 is 27.7 Å². The zero-order valence-corrected chi connectivity index (χ0v) is 12.1. The number of rotatable bonds is 2. The molecular weight excluding hydrogens is 266 g/mol. The molecule has 0 heterocycles. The number of benzene rings is 2. The van der Waals surface area contributed by atoms with E-state index in [9.17, 15) is 4.39 Å². The topological polar surface area (TPSA) is 9.23 Å². The monoisotopic (exact) mass is 281 g/mol. The van der Waals surface area contributed by atoms with E-state index in [1.165, 1.54) is 12.1 Å². The van der Waals surface area contributed by atoms with E-state index in [1.807, 2.05) is 45.0 Å². The van der Waals surface area contributed by atoms with Crippen molar-refractivity contribution in [3.8, 4) is 11.5 Å². The molecule has 0 N–H and O–H groups in total. The van der Waals surface area contributed by atoms with Gasteiger partial charge in [-0.15, -0.1) is 0 Å². The standard InChI is InChI=1S/C15H15FO.V/c1-10-6-4-5-7-14(10)17-15-11(2)8-13(16)9-12(15)3;/h4-9H,1-3H3;. The second-order valence-corrected chi connectivity index (χ2v) is 4.24. The van der Waals surface area contributed by atoms with Crippen molar-refractivity contribution >= 4 is 0 Å². The van der Waals surface area contributed by atoms with Gasteiger partial charge in [-0.1, -0.05) is 18.2 Å². The summed E-state index contributed by atoms with van der Waals surface area (Å²) < 4.78 is 19.0. The molecule has 1 radical (unpaired) electrons. The first kappa shape index (κ1) is 14.8. The molecule has 0 aliphatic heterocycles. The maximum Gasteiger partial charge on any atom is 0.133 e. The van der Waals surface area contributed by atoms with Crippen LogP contribution in [0.2, 0.25) is 0 Å². The van der Waals surface area contributed by atoms with E-state index >= 15 is 0 Å². The first-order chi connectivity index (χ1) is 8.08. The molecule has 0 saturated carbocycles. The van der Waals surface area contributed by atoms with Crippen molar-refractivity contribution in [2.24, 2.45) is 0 Å². The number of aryl methyl sites for hydroxylation is 3. The summed E-state index contributed by atoms with van der Waals surface area (Å²) in [5, 5.41) is 0. The van der Waals surface area contributed by atoms with Gasteiger partial charge in [0.2, 0.25) is 0 Å². The molecular formula is C15H15FOV. The van der Waals surface area contributed by atoms with E-state index in [4.69, 9.17) is 4.74 Å². The van der Waals surface area contributed by atoms with E-state index in [-0.39, 0.29) is 24.4 Å². The molecule has 0 bridgehead atoms. The molecule has 93 valence electrons. The van der Waals surface area contributed by atoms with Gasteiger partial charge in [0.05, 0.1) is 0 Å². The Bertz CT molecular complexity index is 529. The summed E-state index contributed by atoms with van der Waals surface area (Å²) in [5.74, 6) is 1.32. The van der Waals surface area contributed by atoms with Crippen molar-refractivity contribution in [2.45, 2.75) is 20.8 Å². The summed E-state index contributed by atoms with van der Waals surface area (Å²) in [6, 6.07) is 10.8. The first-order valence-corrected chi connectivity index (χ1v) is 5.58. The molecule has 1 nitrogen and oxygen atoms in total. The van der Waals surface area contributed by atoms with Gasteiger partial charge in [-0.05, 0) is 55.7 Å². The van der Waals surface area contributed by atoms with Gasteiger partial charge in [0.25, 0.3) is 0 Å². The SMILES string of the molecule is Cc1ccccc1Oc1c(C)cc(F)cc1C.[V]. The summed E-state index contributed by atoms with van der Waals surface area (Å²) in [7, 11) is 0. The normalized spacial score (nSPS) is 9.78. The van der Waals surface area contributed by atoms with Crippen molar-refractivity contribution in [1.82, 2.24) is 0 Å². The molecule has 3 heteroatoms. The molecule has 0 spiro atoms. The Morgan fingerprint density at radius 1 is 0.889 bits per heavy atom. The Morgan fingerprint density at radius 2 is 1.44 bits per heavy atom. The zero-order chi connectivity index (χ0) is 12.4. The van der Waals surface area contributed by atoms with Crippen LogP contribution in [0.1, 0.15) is 16.7 Å². The summed E-state index contributed by atoms with van der Waals surface area (Å²) in [4.78, 5) is 0. The van der Waals surface area contributed by atoms with E-state index in [1.54, 1.807) is 0 Å². The van der Waals surface area contributed by atoms with Crippen LogP contribution in [-0.4, -0.2) is 0 Å². The fourth-order valence-electron chi connectivity index (χ4n) is 1.84. The number of halogens is 1. The third kappa shape index (κ3) is 3.15. The Labute approximate surface area is 119 Å². The van der Waals surface area contributed by atoms with Crippen LogP contribution in [-0.2, 0) is 18.6 Å².